The average Bonchev–Trinajstić information content (AvgIpc) is 2.01. The summed E-state index contributed by atoms with van der Waals surface area (Å²) in [5, 5.41) is 27.6. The largest absolute Gasteiger partial charge is 0.665 e. The molecule has 4 N–H and O–H groups in total. The van der Waals surface area contributed by atoms with Crippen molar-refractivity contribution in [3.63, 3.8) is 0 Å². The summed E-state index contributed by atoms with van der Waals surface area (Å²) in [6.45, 7) is -1.56. The van der Waals surface area contributed by atoms with Crippen LogP contribution in [0.4, 0.5) is 0 Å². The monoisotopic (exact) mass is 148 g/mol. The maximum atomic E-state index is 9.73. The summed E-state index contributed by atoms with van der Waals surface area (Å²) in [4.78, 5) is 9.73. The van der Waals surface area contributed by atoms with E-state index in [1.54, 1.807) is 0 Å². The molecule has 0 atom stereocenters. The summed E-state index contributed by atoms with van der Waals surface area (Å²) in [5.41, 5.74) is -1.33. The first-order valence-corrected chi connectivity index (χ1v) is 2.71. The number of carbonyl (C=O) groups excluding carboxylic acids is 1. The zero-order valence-corrected chi connectivity index (χ0v) is 5.37. The molecule has 5 nitrogen and oxygen atoms in total. The fourth-order valence-corrected chi connectivity index (χ4v) is 0.377. The number of amides is 1. The highest BCUT2D eigenvalue weighted by molar-refractivity contribution is 5.49. The van der Waals surface area contributed by atoms with E-state index in [4.69, 9.17) is 15.3 Å². The van der Waals surface area contributed by atoms with Crippen LogP contribution in [-0.4, -0.2) is 47.1 Å². The topological polar surface area (TPSA) is 89.8 Å². The van der Waals surface area contributed by atoms with E-state index in [1.807, 2.05) is 5.32 Å². The summed E-state index contributed by atoms with van der Waals surface area (Å²) >= 11 is 0. The summed E-state index contributed by atoms with van der Waals surface area (Å²) in [6.07, 6.45) is 1.28. The van der Waals surface area contributed by atoms with Crippen molar-refractivity contribution >= 4 is 6.41 Å². The number of aliphatic hydroxyl groups excluding tert-OH is 3. The van der Waals surface area contributed by atoms with Gasteiger partial charge in [0.2, 0.25) is 0 Å². The van der Waals surface area contributed by atoms with Gasteiger partial charge in [0.05, 0.1) is 24.6 Å². The fourth-order valence-electron chi connectivity index (χ4n) is 0.377. The molecule has 0 aromatic carbocycles. The second-order valence-corrected chi connectivity index (χ2v) is 1.98. The molecule has 0 spiro atoms. The predicted octanol–water partition coefficient (Wildman–Crippen LogP) is -2.64. The molecule has 0 aliphatic rings. The highest BCUT2D eigenvalue weighted by Crippen LogP contribution is 1.98. The first-order chi connectivity index (χ1) is 4.74. The van der Waals surface area contributed by atoms with Gasteiger partial charge in [-0.25, -0.2) is 0 Å². The second kappa shape index (κ2) is 4.14. The summed E-state index contributed by atoms with van der Waals surface area (Å²) in [7, 11) is 0. The molecule has 0 unspecified atom stereocenters. The van der Waals surface area contributed by atoms with Gasteiger partial charge in [-0.05, 0) is 0 Å². The Labute approximate surface area is 58.3 Å². The van der Waals surface area contributed by atoms with Gasteiger partial charge in [-0.2, -0.15) is 0 Å². The summed E-state index contributed by atoms with van der Waals surface area (Å²) < 4.78 is 0. The molecule has 0 saturated carbocycles. The van der Waals surface area contributed by atoms with Crippen LogP contribution >= 0.6 is 0 Å². The third kappa shape index (κ3) is 1.89. The number of hydrogen-bond acceptors (Lipinski definition) is 4. The lowest BCUT2D eigenvalue weighted by molar-refractivity contribution is 0.0553. The van der Waals surface area contributed by atoms with Gasteiger partial charge in [0, 0.05) is 0 Å². The van der Waals surface area contributed by atoms with Crippen LogP contribution in [0.3, 0.4) is 0 Å². The summed E-state index contributed by atoms with van der Waals surface area (Å²) in [6, 6.07) is 0. The Kier molecular flexibility index (Phi) is 3.83. The Hall–Kier alpha value is -0.740. The summed E-state index contributed by atoms with van der Waals surface area (Å²) in [5.74, 6) is 0. The van der Waals surface area contributed by atoms with E-state index in [9.17, 15) is 4.79 Å². The zero-order chi connectivity index (χ0) is 8.04. The van der Waals surface area contributed by atoms with E-state index in [2.05, 4.69) is 0 Å². The van der Waals surface area contributed by atoms with E-state index in [0.717, 1.165) is 0 Å². The van der Waals surface area contributed by atoms with Gasteiger partial charge < -0.3 is 15.3 Å². The van der Waals surface area contributed by atoms with Gasteiger partial charge in [0.1, 0.15) is 0 Å². The average molecular weight is 148 g/mol. The van der Waals surface area contributed by atoms with Gasteiger partial charge in [0.25, 0.3) is 0 Å². The van der Waals surface area contributed by atoms with Crippen molar-refractivity contribution < 1.29 is 20.1 Å². The van der Waals surface area contributed by atoms with Crippen LogP contribution in [0.2, 0.25) is 0 Å². The third-order valence-electron chi connectivity index (χ3n) is 1.22. The Morgan fingerprint density at radius 3 is 1.70 bits per heavy atom. The third-order valence-corrected chi connectivity index (χ3v) is 1.22. The molecular weight excluding hydrogens is 138 g/mol. The van der Waals surface area contributed by atoms with Crippen LogP contribution in [0, 0.1) is 0 Å². The highest BCUT2D eigenvalue weighted by atomic mass is 16.3. The molecule has 10 heavy (non-hydrogen) atoms. The van der Waals surface area contributed by atoms with Crippen molar-refractivity contribution in [2.24, 2.45) is 0 Å². The molecular formula is C5H10NO4+. The Morgan fingerprint density at radius 1 is 1.20 bits per heavy atom. The number of aliphatic hydroxyl groups is 3. The quantitative estimate of drug-likeness (QED) is 0.253. The number of nitrogens with one attached hydrogen (secondary N) is 1. The Balaban J connectivity index is 4.00. The second-order valence-electron chi connectivity index (χ2n) is 1.98. The standard InChI is InChI=1S/C5H10NO4/c7-1-5(2-8,3-9)6-4-10/h7-9H,1-3H2,(H,6,10)/q+1. The van der Waals surface area contributed by atoms with Crippen LogP contribution < -0.4 is 5.32 Å². The molecule has 0 aliphatic carbocycles. The smallest absolute Gasteiger partial charge is 0.394 e. The van der Waals surface area contributed by atoms with Crippen molar-refractivity contribution in [1.82, 2.24) is 5.32 Å². The molecule has 0 radical (unpaired) electrons. The normalized spacial score (nSPS) is 10.7. The van der Waals surface area contributed by atoms with Gasteiger partial charge in [-0.15, -0.1) is 5.32 Å². The van der Waals surface area contributed by atoms with Crippen LogP contribution in [0.1, 0.15) is 0 Å². The van der Waals surface area contributed by atoms with Gasteiger partial charge in [0.15, 0.2) is 5.54 Å². The van der Waals surface area contributed by atoms with Gasteiger partial charge in [-0.3, -0.25) is 0 Å². The molecule has 0 bridgehead atoms. The SMILES string of the molecule is O=[C+]NC(CO)(CO)CO. The van der Waals surface area contributed by atoms with E-state index < -0.39 is 25.4 Å². The minimum Gasteiger partial charge on any atom is -0.394 e. The lowest BCUT2D eigenvalue weighted by atomic mass is 10.0. The number of hydrogen-bond donors (Lipinski definition) is 4. The predicted molar refractivity (Wildman–Crippen MR) is 32.8 cm³/mol. The van der Waals surface area contributed by atoms with Crippen molar-refractivity contribution in [2.75, 3.05) is 19.8 Å². The molecule has 0 saturated heterocycles. The van der Waals surface area contributed by atoms with E-state index in [0.29, 0.717) is 0 Å². The lowest BCUT2D eigenvalue weighted by Crippen LogP contribution is -2.54. The van der Waals surface area contributed by atoms with Gasteiger partial charge in [-0.1, -0.05) is 0 Å². The van der Waals surface area contributed by atoms with Crippen molar-refractivity contribution in [3.05, 3.63) is 0 Å². The highest BCUT2D eigenvalue weighted by Gasteiger charge is 2.33. The van der Waals surface area contributed by atoms with E-state index in [-0.39, 0.29) is 0 Å². The zero-order valence-electron chi connectivity index (χ0n) is 5.37. The molecule has 1 amide bonds. The van der Waals surface area contributed by atoms with Gasteiger partial charge >= 0.3 is 6.41 Å². The molecule has 0 heterocycles. The number of rotatable bonds is 5. The molecule has 0 rings (SSSR count). The van der Waals surface area contributed by atoms with Crippen molar-refractivity contribution in [2.45, 2.75) is 5.54 Å². The maximum absolute atomic E-state index is 9.73. The van der Waals surface area contributed by atoms with Crippen molar-refractivity contribution in [3.8, 4) is 0 Å². The molecule has 58 valence electrons. The van der Waals surface area contributed by atoms with E-state index in [1.165, 1.54) is 6.41 Å². The van der Waals surface area contributed by atoms with Crippen LogP contribution in [-0.2, 0) is 4.79 Å². The minimum atomic E-state index is -1.33. The first kappa shape index (κ1) is 9.26. The van der Waals surface area contributed by atoms with Crippen LogP contribution in [0.5, 0.6) is 0 Å². The van der Waals surface area contributed by atoms with Crippen LogP contribution in [0.15, 0.2) is 0 Å². The fraction of sp³-hybridized carbons (Fsp3) is 0.800. The lowest BCUT2D eigenvalue weighted by Gasteiger charge is -2.19. The Bertz CT molecular complexity index is 93.6. The first-order valence-electron chi connectivity index (χ1n) is 2.71. The maximum Gasteiger partial charge on any atom is 0.665 e. The van der Waals surface area contributed by atoms with E-state index >= 15 is 0 Å². The van der Waals surface area contributed by atoms with Crippen LogP contribution in [0.25, 0.3) is 0 Å². The van der Waals surface area contributed by atoms with Crippen molar-refractivity contribution in [1.29, 1.82) is 0 Å². The molecule has 0 aromatic heterocycles. The molecule has 0 aromatic rings. The molecule has 0 aliphatic heterocycles. The minimum absolute atomic E-state index is 0.519. The molecule has 5 heteroatoms. The Morgan fingerprint density at radius 2 is 1.60 bits per heavy atom. The molecule has 0 fully saturated rings.